The van der Waals surface area contributed by atoms with Gasteiger partial charge in [0.05, 0.1) is 0 Å². The van der Waals surface area contributed by atoms with Crippen molar-refractivity contribution in [1.29, 1.82) is 0 Å². The Balaban J connectivity index is 2.13. The first-order valence-electron chi connectivity index (χ1n) is 6.85. The molecule has 2 atom stereocenters. The van der Waals surface area contributed by atoms with Crippen LogP contribution in [-0.4, -0.2) is 43.2 Å². The highest BCUT2D eigenvalue weighted by atomic mass is 32.1. The lowest BCUT2D eigenvalue weighted by atomic mass is 9.84. The predicted molar refractivity (Wildman–Crippen MR) is 76.2 cm³/mol. The van der Waals surface area contributed by atoms with E-state index in [0.29, 0.717) is 6.42 Å². The summed E-state index contributed by atoms with van der Waals surface area (Å²) in [6.45, 7) is 1.67. The normalized spacial score (nSPS) is 24.0. The van der Waals surface area contributed by atoms with Crippen LogP contribution in [0.1, 0.15) is 18.2 Å². The zero-order valence-electron chi connectivity index (χ0n) is 12.0. The molecule has 21 heavy (non-hydrogen) atoms. The number of carbonyl (C=O) groups is 1. The molecule has 118 valence electrons. The molecule has 1 aliphatic heterocycles. The average Bonchev–Trinajstić information content (AvgIpc) is 3.07. The molecule has 2 rings (SSSR count). The molecule has 0 bridgehead atoms. The maximum atomic E-state index is 13.4. The van der Waals surface area contributed by atoms with Gasteiger partial charge < -0.3 is 10.2 Å². The number of nitrogens with one attached hydrogen (secondary N) is 1. The van der Waals surface area contributed by atoms with Gasteiger partial charge in [0.25, 0.3) is 0 Å². The van der Waals surface area contributed by atoms with Gasteiger partial charge >= 0.3 is 6.18 Å². The van der Waals surface area contributed by atoms with Crippen molar-refractivity contribution in [2.24, 2.45) is 5.41 Å². The minimum atomic E-state index is -4.52. The maximum Gasteiger partial charge on any atom is 0.404 e. The zero-order valence-corrected chi connectivity index (χ0v) is 12.9. The number of hydrogen-bond acceptors (Lipinski definition) is 3. The van der Waals surface area contributed by atoms with Crippen LogP contribution in [0.15, 0.2) is 17.5 Å². The van der Waals surface area contributed by atoms with Gasteiger partial charge in [0.2, 0.25) is 5.91 Å². The molecule has 2 heterocycles. The first-order chi connectivity index (χ1) is 9.78. The molecule has 3 nitrogen and oxygen atoms in total. The second-order valence-electron chi connectivity index (χ2n) is 5.56. The minimum Gasteiger partial charge on any atom is -0.342 e. The fourth-order valence-corrected chi connectivity index (χ4v) is 3.46. The molecule has 1 fully saturated rings. The molecular weight excluding hydrogens is 301 g/mol. The zero-order chi connectivity index (χ0) is 15.7. The standard InChI is InChI=1S/C14H19F3N2OS/c1-10(8-11-4-3-7-21-11)19(2)12(20)13(14(15,16)17)5-6-18-9-13/h3-4,7,10,18H,5-6,8-9H2,1-2H3. The first kappa shape index (κ1) is 16.3. The van der Waals surface area contributed by atoms with Gasteiger partial charge in [-0.1, -0.05) is 6.07 Å². The van der Waals surface area contributed by atoms with E-state index in [-0.39, 0.29) is 25.6 Å². The van der Waals surface area contributed by atoms with Crippen molar-refractivity contribution in [3.05, 3.63) is 22.4 Å². The highest BCUT2D eigenvalue weighted by Gasteiger charge is 2.62. The Bertz CT molecular complexity index is 481. The number of nitrogens with zero attached hydrogens (tertiary/aromatic N) is 1. The van der Waals surface area contributed by atoms with E-state index in [9.17, 15) is 18.0 Å². The van der Waals surface area contributed by atoms with Crippen molar-refractivity contribution in [1.82, 2.24) is 10.2 Å². The predicted octanol–water partition coefficient (Wildman–Crippen LogP) is 2.68. The fraction of sp³-hybridized carbons (Fsp3) is 0.643. The maximum absolute atomic E-state index is 13.4. The molecule has 0 saturated carbocycles. The summed E-state index contributed by atoms with van der Waals surface area (Å²) >= 11 is 1.54. The van der Waals surface area contributed by atoms with Crippen LogP contribution in [0.5, 0.6) is 0 Å². The Kier molecular flexibility index (Phi) is 4.63. The molecule has 2 unspecified atom stereocenters. The number of thiophene rings is 1. The molecule has 0 aliphatic carbocycles. The molecule has 7 heteroatoms. The number of amides is 1. The summed E-state index contributed by atoms with van der Waals surface area (Å²) in [5, 5.41) is 4.59. The van der Waals surface area contributed by atoms with Gasteiger partial charge in [-0.15, -0.1) is 11.3 Å². The van der Waals surface area contributed by atoms with Crippen molar-refractivity contribution >= 4 is 17.2 Å². The van der Waals surface area contributed by atoms with Crippen LogP contribution in [-0.2, 0) is 11.2 Å². The molecule has 0 radical (unpaired) electrons. The van der Waals surface area contributed by atoms with Gasteiger partial charge in [-0.05, 0) is 31.3 Å². The summed E-state index contributed by atoms with van der Waals surface area (Å²) in [6.07, 6.45) is -4.14. The lowest BCUT2D eigenvalue weighted by molar-refractivity contribution is -0.221. The SMILES string of the molecule is CC(Cc1cccs1)N(C)C(=O)C1(C(F)(F)F)CCNC1. The van der Waals surface area contributed by atoms with Crippen molar-refractivity contribution in [2.45, 2.75) is 32.0 Å². The second-order valence-corrected chi connectivity index (χ2v) is 6.59. The number of alkyl halides is 3. The summed E-state index contributed by atoms with van der Waals surface area (Å²) in [5.74, 6) is -0.830. The van der Waals surface area contributed by atoms with Crippen LogP contribution in [0.3, 0.4) is 0 Å². The lowest BCUT2D eigenvalue weighted by Gasteiger charge is -2.36. The van der Waals surface area contributed by atoms with Crippen molar-refractivity contribution in [3.8, 4) is 0 Å². The largest absolute Gasteiger partial charge is 0.404 e. The van der Waals surface area contributed by atoms with Crippen LogP contribution in [0.4, 0.5) is 13.2 Å². The number of halogens is 3. The number of carbonyl (C=O) groups excluding carboxylic acids is 1. The van der Waals surface area contributed by atoms with E-state index >= 15 is 0 Å². The van der Waals surface area contributed by atoms with Gasteiger partial charge in [-0.25, -0.2) is 0 Å². The number of rotatable bonds is 4. The smallest absolute Gasteiger partial charge is 0.342 e. The Labute approximate surface area is 126 Å². The Hall–Kier alpha value is -1.08. The number of likely N-dealkylation sites (N-methyl/N-ethyl adjacent to an activating group) is 1. The second kappa shape index (κ2) is 5.96. The van der Waals surface area contributed by atoms with Crippen molar-refractivity contribution < 1.29 is 18.0 Å². The topological polar surface area (TPSA) is 32.3 Å². The molecule has 1 aliphatic rings. The molecule has 0 spiro atoms. The van der Waals surface area contributed by atoms with Crippen LogP contribution in [0.25, 0.3) is 0 Å². The van der Waals surface area contributed by atoms with Gasteiger partial charge in [-0.2, -0.15) is 13.2 Å². The van der Waals surface area contributed by atoms with E-state index in [2.05, 4.69) is 5.32 Å². The minimum absolute atomic E-state index is 0.189. The van der Waals surface area contributed by atoms with E-state index in [1.165, 1.54) is 11.9 Å². The molecule has 1 amide bonds. The summed E-state index contributed by atoms with van der Waals surface area (Å²) < 4.78 is 40.1. The third-order valence-electron chi connectivity index (χ3n) is 4.17. The van der Waals surface area contributed by atoms with Gasteiger partial charge in [0.15, 0.2) is 5.41 Å². The summed E-state index contributed by atoms with van der Waals surface area (Å²) in [7, 11) is 1.46. The monoisotopic (exact) mass is 320 g/mol. The van der Waals surface area contributed by atoms with E-state index in [0.717, 1.165) is 4.88 Å². The van der Waals surface area contributed by atoms with Crippen LogP contribution < -0.4 is 5.32 Å². The Morgan fingerprint density at radius 1 is 1.57 bits per heavy atom. The quantitative estimate of drug-likeness (QED) is 0.925. The molecule has 1 N–H and O–H groups in total. The lowest BCUT2D eigenvalue weighted by Crippen LogP contribution is -2.54. The third-order valence-corrected chi connectivity index (χ3v) is 5.06. The van der Waals surface area contributed by atoms with E-state index < -0.39 is 17.5 Å². The molecule has 1 aromatic rings. The van der Waals surface area contributed by atoms with Crippen LogP contribution >= 0.6 is 11.3 Å². The van der Waals surface area contributed by atoms with Gasteiger partial charge in [0.1, 0.15) is 0 Å². The summed E-state index contributed by atoms with van der Waals surface area (Å²) in [4.78, 5) is 14.8. The van der Waals surface area contributed by atoms with Crippen LogP contribution in [0, 0.1) is 5.41 Å². The number of hydrogen-bond donors (Lipinski definition) is 1. The molecule has 1 aromatic heterocycles. The van der Waals surface area contributed by atoms with Crippen LogP contribution in [0.2, 0.25) is 0 Å². The van der Waals surface area contributed by atoms with Gasteiger partial charge in [-0.3, -0.25) is 4.79 Å². The average molecular weight is 320 g/mol. The van der Waals surface area contributed by atoms with Crippen molar-refractivity contribution in [2.75, 3.05) is 20.1 Å². The summed E-state index contributed by atoms with van der Waals surface area (Å²) in [6, 6.07) is 3.55. The molecule has 0 aromatic carbocycles. The first-order valence-corrected chi connectivity index (χ1v) is 7.73. The highest BCUT2D eigenvalue weighted by molar-refractivity contribution is 7.09. The van der Waals surface area contributed by atoms with E-state index in [4.69, 9.17) is 0 Å². The van der Waals surface area contributed by atoms with E-state index in [1.807, 2.05) is 17.5 Å². The fourth-order valence-electron chi connectivity index (χ4n) is 2.63. The molecule has 1 saturated heterocycles. The summed E-state index contributed by atoms with van der Waals surface area (Å²) in [5.41, 5.74) is -2.27. The third kappa shape index (κ3) is 3.08. The highest BCUT2D eigenvalue weighted by Crippen LogP contribution is 2.44. The van der Waals surface area contributed by atoms with Gasteiger partial charge in [0, 0.05) is 30.9 Å². The van der Waals surface area contributed by atoms with E-state index in [1.54, 1.807) is 18.3 Å². The molecular formula is C14H19F3N2OS. The Morgan fingerprint density at radius 3 is 2.76 bits per heavy atom. The Morgan fingerprint density at radius 2 is 2.29 bits per heavy atom. The van der Waals surface area contributed by atoms with Crippen molar-refractivity contribution in [3.63, 3.8) is 0 Å².